The van der Waals surface area contributed by atoms with E-state index in [1.165, 1.54) is 7.11 Å². The van der Waals surface area contributed by atoms with Gasteiger partial charge in [0.05, 0.1) is 13.7 Å². The first-order valence-electron chi connectivity index (χ1n) is 4.11. The normalized spacial score (nSPS) is 24.3. The van der Waals surface area contributed by atoms with E-state index in [-0.39, 0.29) is 12.2 Å². The molecule has 0 saturated carbocycles. The largest absolute Gasteiger partial charge is 0.468 e. The van der Waals surface area contributed by atoms with Gasteiger partial charge < -0.3 is 9.47 Å². The average molecular weight is 173 g/mol. The summed E-state index contributed by atoms with van der Waals surface area (Å²) >= 11 is 0. The van der Waals surface area contributed by atoms with Gasteiger partial charge in [-0.25, -0.2) is 0 Å². The topological polar surface area (TPSA) is 38.8 Å². The summed E-state index contributed by atoms with van der Waals surface area (Å²) in [6.45, 7) is 1.27. The highest BCUT2D eigenvalue weighted by Gasteiger charge is 2.25. The van der Waals surface area contributed by atoms with Crippen molar-refractivity contribution < 1.29 is 14.3 Å². The van der Waals surface area contributed by atoms with Crippen LogP contribution in [0.2, 0.25) is 0 Å². The van der Waals surface area contributed by atoms with Crippen LogP contribution in [-0.2, 0) is 14.3 Å². The van der Waals surface area contributed by atoms with Crippen LogP contribution >= 0.6 is 0 Å². The smallest absolute Gasteiger partial charge is 0.319 e. The lowest BCUT2D eigenvalue weighted by Gasteiger charge is -2.21. The molecule has 0 aromatic heterocycles. The molecule has 0 amide bonds. The van der Waals surface area contributed by atoms with Crippen LogP contribution in [0.25, 0.3) is 0 Å². The zero-order valence-corrected chi connectivity index (χ0v) is 7.58. The number of likely N-dealkylation sites (tertiary alicyclic amines) is 1. The molecule has 0 spiro atoms. The van der Waals surface area contributed by atoms with Gasteiger partial charge in [-0.15, -0.1) is 0 Å². The Kier molecular flexibility index (Phi) is 3.49. The van der Waals surface area contributed by atoms with Crippen LogP contribution in [0.4, 0.5) is 0 Å². The van der Waals surface area contributed by atoms with Gasteiger partial charge in [0.1, 0.15) is 6.23 Å². The molecule has 0 aromatic rings. The second kappa shape index (κ2) is 4.42. The molecule has 70 valence electrons. The fourth-order valence-electron chi connectivity index (χ4n) is 1.47. The van der Waals surface area contributed by atoms with E-state index in [4.69, 9.17) is 4.74 Å². The Morgan fingerprint density at radius 3 is 2.92 bits per heavy atom. The second-order valence-corrected chi connectivity index (χ2v) is 2.88. The van der Waals surface area contributed by atoms with Crippen LogP contribution in [-0.4, -0.2) is 44.4 Å². The highest BCUT2D eigenvalue weighted by atomic mass is 16.5. The molecule has 0 bridgehead atoms. The minimum Gasteiger partial charge on any atom is -0.468 e. The number of esters is 1. The summed E-state index contributed by atoms with van der Waals surface area (Å²) in [6, 6.07) is 0. The first kappa shape index (κ1) is 9.48. The third-order valence-electron chi connectivity index (χ3n) is 2.14. The molecule has 4 heteroatoms. The number of nitrogens with zero attached hydrogens (tertiary/aromatic N) is 1. The molecule has 0 aliphatic carbocycles. The molecule has 1 saturated heterocycles. The van der Waals surface area contributed by atoms with Crippen molar-refractivity contribution in [3.63, 3.8) is 0 Å². The van der Waals surface area contributed by atoms with Crippen LogP contribution in [0.3, 0.4) is 0 Å². The van der Waals surface area contributed by atoms with Crippen LogP contribution in [0.5, 0.6) is 0 Å². The number of hydrogen-bond acceptors (Lipinski definition) is 4. The minimum absolute atomic E-state index is 0.101. The predicted molar refractivity (Wildman–Crippen MR) is 43.6 cm³/mol. The highest BCUT2D eigenvalue weighted by molar-refractivity contribution is 5.71. The molecule has 0 N–H and O–H groups in total. The first-order valence-corrected chi connectivity index (χ1v) is 4.11. The van der Waals surface area contributed by atoms with Gasteiger partial charge in [0, 0.05) is 13.7 Å². The number of rotatable bonds is 3. The number of hydrogen-bond donors (Lipinski definition) is 0. The second-order valence-electron chi connectivity index (χ2n) is 2.88. The molecule has 0 radical (unpaired) electrons. The average Bonchev–Trinajstić information content (AvgIpc) is 2.51. The summed E-state index contributed by atoms with van der Waals surface area (Å²) in [5, 5.41) is 0. The summed E-state index contributed by atoms with van der Waals surface area (Å²) in [5.74, 6) is -0.195. The van der Waals surface area contributed by atoms with Crippen molar-refractivity contribution in [3.8, 4) is 0 Å². The standard InChI is InChI=1S/C8H15NO3/c1-11-7-4-3-5-9(7)6-8(10)12-2/h7H,3-6H2,1-2H3/t7-/m1/s1. The van der Waals surface area contributed by atoms with Crippen LogP contribution in [0.1, 0.15) is 12.8 Å². The summed E-state index contributed by atoms with van der Waals surface area (Å²) in [5.41, 5.74) is 0. The summed E-state index contributed by atoms with van der Waals surface area (Å²) in [7, 11) is 3.07. The van der Waals surface area contributed by atoms with Crippen LogP contribution in [0, 0.1) is 0 Å². The Bertz CT molecular complexity index is 160. The van der Waals surface area contributed by atoms with Gasteiger partial charge in [0.15, 0.2) is 0 Å². The molecule has 1 rings (SSSR count). The maximum absolute atomic E-state index is 10.9. The van der Waals surface area contributed by atoms with Gasteiger partial charge in [0.2, 0.25) is 0 Å². The molecule has 1 aliphatic rings. The molecule has 0 unspecified atom stereocenters. The van der Waals surface area contributed by atoms with Crippen molar-refractivity contribution in [1.29, 1.82) is 0 Å². The van der Waals surface area contributed by atoms with Gasteiger partial charge in [0.25, 0.3) is 0 Å². The Hall–Kier alpha value is -0.610. The van der Waals surface area contributed by atoms with Crippen molar-refractivity contribution in [2.45, 2.75) is 19.1 Å². The number of methoxy groups -OCH3 is 2. The minimum atomic E-state index is -0.195. The van der Waals surface area contributed by atoms with Gasteiger partial charge in [-0.1, -0.05) is 0 Å². The first-order chi connectivity index (χ1) is 5.77. The van der Waals surface area contributed by atoms with E-state index in [1.807, 2.05) is 4.90 Å². The van der Waals surface area contributed by atoms with E-state index in [1.54, 1.807) is 7.11 Å². The number of ether oxygens (including phenoxy) is 2. The SMILES string of the molecule is COC(=O)CN1CCC[C@H]1OC. The molecule has 4 nitrogen and oxygen atoms in total. The summed E-state index contributed by atoms with van der Waals surface area (Å²) in [6.07, 6.45) is 2.20. The zero-order valence-electron chi connectivity index (χ0n) is 7.58. The number of carbonyl (C=O) groups is 1. The molecule has 1 atom stereocenters. The maximum atomic E-state index is 10.9. The van der Waals surface area contributed by atoms with E-state index in [9.17, 15) is 4.79 Å². The van der Waals surface area contributed by atoms with Gasteiger partial charge in [-0.3, -0.25) is 9.69 Å². The Balaban J connectivity index is 2.35. The van der Waals surface area contributed by atoms with E-state index in [0.717, 1.165) is 19.4 Å². The Morgan fingerprint density at radius 1 is 1.58 bits per heavy atom. The van der Waals surface area contributed by atoms with Gasteiger partial charge >= 0.3 is 5.97 Å². The quantitative estimate of drug-likeness (QED) is 0.573. The maximum Gasteiger partial charge on any atom is 0.319 e. The molecule has 1 aliphatic heterocycles. The van der Waals surface area contributed by atoms with E-state index in [2.05, 4.69) is 4.74 Å². The van der Waals surface area contributed by atoms with Crippen molar-refractivity contribution >= 4 is 5.97 Å². The van der Waals surface area contributed by atoms with E-state index in [0.29, 0.717) is 6.54 Å². The zero-order chi connectivity index (χ0) is 8.97. The highest BCUT2D eigenvalue weighted by Crippen LogP contribution is 2.16. The van der Waals surface area contributed by atoms with Crippen molar-refractivity contribution in [2.24, 2.45) is 0 Å². The predicted octanol–water partition coefficient (Wildman–Crippen LogP) is 0.228. The monoisotopic (exact) mass is 173 g/mol. The third kappa shape index (κ3) is 2.19. The lowest BCUT2D eigenvalue weighted by atomic mass is 10.4. The lowest BCUT2D eigenvalue weighted by molar-refractivity contribution is -0.144. The molecule has 1 heterocycles. The van der Waals surface area contributed by atoms with Gasteiger partial charge in [-0.2, -0.15) is 0 Å². The van der Waals surface area contributed by atoms with Crippen LogP contribution < -0.4 is 0 Å². The number of carbonyl (C=O) groups excluding carboxylic acids is 1. The van der Waals surface area contributed by atoms with E-state index >= 15 is 0 Å². The van der Waals surface area contributed by atoms with Crippen LogP contribution in [0.15, 0.2) is 0 Å². The summed E-state index contributed by atoms with van der Waals surface area (Å²) < 4.78 is 9.76. The lowest BCUT2D eigenvalue weighted by Crippen LogP contribution is -2.35. The Labute approximate surface area is 72.4 Å². The van der Waals surface area contributed by atoms with Crippen molar-refractivity contribution in [1.82, 2.24) is 4.90 Å². The van der Waals surface area contributed by atoms with E-state index < -0.39 is 0 Å². The molecular weight excluding hydrogens is 158 g/mol. The van der Waals surface area contributed by atoms with Gasteiger partial charge in [-0.05, 0) is 12.8 Å². The molecule has 0 aromatic carbocycles. The third-order valence-corrected chi connectivity index (χ3v) is 2.14. The fourth-order valence-corrected chi connectivity index (χ4v) is 1.47. The molecule has 12 heavy (non-hydrogen) atoms. The fraction of sp³-hybridized carbons (Fsp3) is 0.875. The van der Waals surface area contributed by atoms with Crippen molar-refractivity contribution in [2.75, 3.05) is 27.3 Å². The summed E-state index contributed by atoms with van der Waals surface area (Å²) in [4.78, 5) is 12.9. The molecular formula is C8H15NO3. The Morgan fingerprint density at radius 2 is 2.33 bits per heavy atom. The molecule has 1 fully saturated rings. The van der Waals surface area contributed by atoms with Crippen molar-refractivity contribution in [3.05, 3.63) is 0 Å².